The fraction of sp³-hybridized carbons (Fsp3) is 0.0435. The summed E-state index contributed by atoms with van der Waals surface area (Å²) >= 11 is 5.81. The van der Waals surface area contributed by atoms with Gasteiger partial charge in [-0.3, -0.25) is 19.1 Å². The van der Waals surface area contributed by atoms with Crippen molar-refractivity contribution in [1.82, 2.24) is 19.2 Å². The van der Waals surface area contributed by atoms with E-state index in [2.05, 4.69) is 16.2 Å². The van der Waals surface area contributed by atoms with Gasteiger partial charge in [0.15, 0.2) is 5.65 Å². The van der Waals surface area contributed by atoms with Crippen LogP contribution in [0.1, 0.15) is 16.7 Å². The number of aromatic amines is 1. The van der Waals surface area contributed by atoms with Crippen molar-refractivity contribution in [3.63, 3.8) is 0 Å². The summed E-state index contributed by atoms with van der Waals surface area (Å²) in [4.78, 5) is 30.4. The van der Waals surface area contributed by atoms with Gasteiger partial charge >= 0.3 is 0 Å². The third-order valence-electron chi connectivity index (χ3n) is 5.47. The third-order valence-corrected chi connectivity index (χ3v) is 5.76. The average molecular weight is 462 g/mol. The number of aromatic nitrogens is 4. The van der Waals surface area contributed by atoms with Crippen molar-refractivity contribution in [2.45, 2.75) is 6.92 Å². The molecule has 0 bridgehead atoms. The van der Waals surface area contributed by atoms with Crippen molar-refractivity contribution in [2.24, 2.45) is 0 Å². The van der Waals surface area contributed by atoms with Crippen molar-refractivity contribution in [2.75, 3.05) is 0 Å². The number of H-pyrrole nitrogens is 1. The van der Waals surface area contributed by atoms with E-state index in [0.29, 0.717) is 16.6 Å². The Balaban J connectivity index is 1.84. The maximum atomic E-state index is 13.5. The number of fused-ring (bicyclic) bond motifs is 3. The Labute approximate surface area is 189 Å². The van der Waals surface area contributed by atoms with E-state index in [4.69, 9.17) is 11.6 Å². The minimum atomic E-state index is -0.694. The molecule has 3 heterocycles. The van der Waals surface area contributed by atoms with E-state index in [1.807, 2.05) is 0 Å². The maximum Gasteiger partial charge on any atom is 0.275 e. The topological polar surface area (TPSA) is 116 Å². The molecule has 33 heavy (non-hydrogen) atoms. The number of halogens is 2. The Hall–Kier alpha value is -4.42. The van der Waals surface area contributed by atoms with Crippen LogP contribution in [0.5, 0.6) is 5.88 Å². The first-order chi connectivity index (χ1) is 15.8. The number of pyridine rings is 1. The molecule has 2 aromatic carbocycles. The second kappa shape index (κ2) is 7.32. The first-order valence-electron chi connectivity index (χ1n) is 9.67. The van der Waals surface area contributed by atoms with E-state index in [-0.39, 0.29) is 32.7 Å². The molecule has 0 aliphatic carbocycles. The van der Waals surface area contributed by atoms with E-state index in [1.54, 1.807) is 31.2 Å². The highest BCUT2D eigenvalue weighted by molar-refractivity contribution is 6.30. The molecule has 8 nitrogen and oxygen atoms in total. The van der Waals surface area contributed by atoms with Crippen LogP contribution < -0.4 is 16.3 Å². The molecule has 0 radical (unpaired) electrons. The highest BCUT2D eigenvalue weighted by atomic mass is 35.5. The van der Waals surface area contributed by atoms with Crippen molar-refractivity contribution in [3.05, 3.63) is 95.9 Å². The fourth-order valence-corrected chi connectivity index (χ4v) is 3.98. The SMILES string of the molecule is Cc1c(C#N)c2nc3ccccc3n2c(=O)c1=Cc1c(O)n(-c2ccc(F)c(Cl)c2)[nH]c1=O. The highest BCUT2D eigenvalue weighted by Crippen LogP contribution is 2.23. The minimum Gasteiger partial charge on any atom is -0.493 e. The Morgan fingerprint density at radius 3 is 2.73 bits per heavy atom. The van der Waals surface area contributed by atoms with E-state index >= 15 is 0 Å². The number of rotatable bonds is 2. The Bertz CT molecular complexity index is 1830. The van der Waals surface area contributed by atoms with Gasteiger partial charge in [0.25, 0.3) is 11.1 Å². The van der Waals surface area contributed by atoms with Crippen LogP contribution in [0.25, 0.3) is 28.4 Å². The molecule has 0 fully saturated rings. The summed E-state index contributed by atoms with van der Waals surface area (Å²) in [6.45, 7) is 1.58. The summed E-state index contributed by atoms with van der Waals surface area (Å²) in [6, 6.07) is 12.7. The van der Waals surface area contributed by atoms with Gasteiger partial charge in [0.2, 0.25) is 5.88 Å². The standard InChI is InChI=1S/C23H13ClFN5O3/c1-11-13(22(32)29-19-5-3-2-4-18(19)27-20(29)15(11)10-26)9-14-21(31)28-30(23(14)33)12-6-7-17(25)16(24)8-12/h2-9,33H,1H3,(H,28,31). The normalized spacial score (nSPS) is 12.0. The number of nitriles is 1. The lowest BCUT2D eigenvalue weighted by Gasteiger charge is -2.05. The quantitative estimate of drug-likeness (QED) is 0.419. The molecule has 0 aliphatic rings. The number of para-hydroxylation sites is 2. The average Bonchev–Trinajstić information content (AvgIpc) is 3.31. The third kappa shape index (κ3) is 3.00. The lowest BCUT2D eigenvalue weighted by molar-refractivity contribution is 0.432. The van der Waals surface area contributed by atoms with E-state index in [1.165, 1.54) is 22.6 Å². The highest BCUT2D eigenvalue weighted by Gasteiger charge is 2.19. The lowest BCUT2D eigenvalue weighted by Crippen LogP contribution is -2.34. The van der Waals surface area contributed by atoms with Gasteiger partial charge in [-0.2, -0.15) is 5.26 Å². The molecular weight excluding hydrogens is 449 g/mol. The molecule has 0 aliphatic heterocycles. The van der Waals surface area contributed by atoms with Crippen LogP contribution in [-0.4, -0.2) is 24.3 Å². The molecule has 0 atom stereocenters. The van der Waals surface area contributed by atoms with Gasteiger partial charge in [0.1, 0.15) is 17.4 Å². The predicted octanol–water partition coefficient (Wildman–Crippen LogP) is 2.55. The molecule has 0 saturated heterocycles. The van der Waals surface area contributed by atoms with Crippen molar-refractivity contribution in [3.8, 4) is 17.6 Å². The van der Waals surface area contributed by atoms with Crippen molar-refractivity contribution >= 4 is 34.4 Å². The van der Waals surface area contributed by atoms with Crippen molar-refractivity contribution in [1.29, 1.82) is 5.26 Å². The molecular formula is C23H13ClFN5O3. The number of nitrogens with zero attached hydrogens (tertiary/aromatic N) is 4. The number of hydrogen-bond acceptors (Lipinski definition) is 5. The first kappa shape index (κ1) is 20.5. The van der Waals surface area contributed by atoms with Crippen LogP contribution in [-0.2, 0) is 0 Å². The number of nitrogens with one attached hydrogen (secondary N) is 1. The molecule has 2 N–H and O–H groups in total. The summed E-state index contributed by atoms with van der Waals surface area (Å²) in [5.41, 5.74) is 0.594. The molecule has 5 aromatic rings. The number of imidazole rings is 1. The molecule has 0 amide bonds. The van der Waals surface area contributed by atoms with Crippen LogP contribution in [0.4, 0.5) is 4.39 Å². The van der Waals surface area contributed by atoms with Gasteiger partial charge in [0.05, 0.1) is 27.3 Å². The van der Waals surface area contributed by atoms with Gasteiger partial charge in [-0.25, -0.2) is 14.1 Å². The van der Waals surface area contributed by atoms with Gasteiger partial charge < -0.3 is 5.11 Å². The Kier molecular flexibility index (Phi) is 4.55. The van der Waals surface area contributed by atoms with Crippen LogP contribution in [0.2, 0.25) is 5.02 Å². The van der Waals surface area contributed by atoms with Crippen LogP contribution in [0, 0.1) is 24.1 Å². The molecule has 0 unspecified atom stereocenters. The predicted molar refractivity (Wildman–Crippen MR) is 120 cm³/mol. The van der Waals surface area contributed by atoms with Crippen LogP contribution in [0.3, 0.4) is 0 Å². The molecule has 0 spiro atoms. The zero-order valence-corrected chi connectivity index (χ0v) is 17.7. The smallest absolute Gasteiger partial charge is 0.275 e. The monoisotopic (exact) mass is 461 g/mol. The molecule has 10 heteroatoms. The summed E-state index contributed by atoms with van der Waals surface area (Å²) < 4.78 is 15.8. The summed E-state index contributed by atoms with van der Waals surface area (Å²) in [6.07, 6.45) is 1.22. The minimum absolute atomic E-state index is 0.0536. The van der Waals surface area contributed by atoms with Gasteiger partial charge in [0, 0.05) is 5.22 Å². The number of aromatic hydroxyl groups is 1. The number of hydrogen-bond donors (Lipinski definition) is 2. The van der Waals surface area contributed by atoms with E-state index < -0.39 is 22.8 Å². The summed E-state index contributed by atoms with van der Waals surface area (Å²) in [5, 5.41) is 22.8. The largest absolute Gasteiger partial charge is 0.493 e. The Morgan fingerprint density at radius 1 is 1.24 bits per heavy atom. The molecule has 5 rings (SSSR count). The fourth-order valence-electron chi connectivity index (χ4n) is 3.81. The number of benzene rings is 2. The Morgan fingerprint density at radius 2 is 2.00 bits per heavy atom. The zero-order chi connectivity index (χ0) is 23.4. The maximum absolute atomic E-state index is 13.5. The lowest BCUT2D eigenvalue weighted by atomic mass is 10.1. The van der Waals surface area contributed by atoms with Gasteiger partial charge in [-0.1, -0.05) is 23.7 Å². The van der Waals surface area contributed by atoms with E-state index in [0.717, 1.165) is 10.7 Å². The molecule has 0 saturated carbocycles. The first-order valence-corrected chi connectivity index (χ1v) is 10.0. The van der Waals surface area contributed by atoms with Gasteiger partial charge in [-0.05, 0) is 48.9 Å². The molecule has 3 aromatic heterocycles. The summed E-state index contributed by atoms with van der Waals surface area (Å²) in [7, 11) is 0. The second-order valence-corrected chi connectivity index (χ2v) is 7.75. The van der Waals surface area contributed by atoms with Gasteiger partial charge in [-0.15, -0.1) is 0 Å². The van der Waals surface area contributed by atoms with Crippen LogP contribution in [0.15, 0.2) is 52.1 Å². The summed E-state index contributed by atoms with van der Waals surface area (Å²) in [5.74, 6) is -1.16. The second-order valence-electron chi connectivity index (χ2n) is 7.35. The van der Waals surface area contributed by atoms with Crippen molar-refractivity contribution < 1.29 is 9.50 Å². The molecule has 162 valence electrons. The van der Waals surface area contributed by atoms with Crippen LogP contribution >= 0.6 is 11.6 Å². The zero-order valence-electron chi connectivity index (χ0n) is 16.9. The van der Waals surface area contributed by atoms with E-state index in [9.17, 15) is 24.3 Å².